The molecule has 20 heavy (non-hydrogen) atoms. The molecule has 1 amide bonds. The minimum atomic E-state index is -0.463. The topological polar surface area (TPSA) is 32.3 Å². The first-order valence-corrected chi connectivity index (χ1v) is 7.42. The molecule has 0 aromatic heterocycles. The number of piperidine rings is 1. The van der Waals surface area contributed by atoms with Crippen molar-refractivity contribution in [3.05, 3.63) is 35.6 Å². The molecule has 0 spiro atoms. The molecule has 1 saturated heterocycles. The van der Waals surface area contributed by atoms with Crippen LogP contribution in [0, 0.1) is 11.7 Å². The fourth-order valence-corrected chi connectivity index (χ4v) is 2.53. The van der Waals surface area contributed by atoms with Gasteiger partial charge in [0.1, 0.15) is 5.82 Å². The predicted molar refractivity (Wildman–Crippen MR) is 78.2 cm³/mol. The predicted octanol–water partition coefficient (Wildman–Crippen LogP) is 2.68. The van der Waals surface area contributed by atoms with Crippen LogP contribution in [0.25, 0.3) is 0 Å². The lowest BCUT2D eigenvalue weighted by Gasteiger charge is -2.30. The lowest BCUT2D eigenvalue weighted by atomic mass is 9.99. The van der Waals surface area contributed by atoms with Crippen molar-refractivity contribution < 1.29 is 9.18 Å². The molecular weight excluding hydrogens is 255 g/mol. The van der Waals surface area contributed by atoms with E-state index >= 15 is 0 Å². The minimum absolute atomic E-state index is 0.124. The molecule has 0 radical (unpaired) electrons. The summed E-state index contributed by atoms with van der Waals surface area (Å²) in [4.78, 5) is 14.2. The normalized spacial score (nSPS) is 17.1. The Morgan fingerprint density at radius 1 is 1.35 bits per heavy atom. The summed E-state index contributed by atoms with van der Waals surface area (Å²) in [7, 11) is 0. The maximum absolute atomic E-state index is 13.4. The molecule has 1 aliphatic heterocycles. The maximum Gasteiger partial charge on any atom is 0.254 e. The van der Waals surface area contributed by atoms with Crippen molar-refractivity contribution in [3.63, 3.8) is 0 Å². The van der Waals surface area contributed by atoms with E-state index in [2.05, 4.69) is 17.1 Å². The van der Waals surface area contributed by atoms with Gasteiger partial charge >= 0.3 is 0 Å². The Hall–Kier alpha value is -1.42. The lowest BCUT2D eigenvalue weighted by molar-refractivity contribution is 0.0946. The number of hydrogen-bond acceptors (Lipinski definition) is 2. The number of amides is 1. The smallest absolute Gasteiger partial charge is 0.254 e. The second-order valence-electron chi connectivity index (χ2n) is 5.61. The summed E-state index contributed by atoms with van der Waals surface area (Å²) in [5, 5.41) is 2.78. The molecule has 0 atom stereocenters. The van der Waals surface area contributed by atoms with Gasteiger partial charge in [0.2, 0.25) is 0 Å². The number of rotatable bonds is 5. The minimum Gasteiger partial charge on any atom is -0.352 e. The van der Waals surface area contributed by atoms with Crippen LogP contribution >= 0.6 is 0 Å². The van der Waals surface area contributed by atoms with Crippen LogP contribution in [-0.4, -0.2) is 37.0 Å². The molecule has 1 aromatic rings. The Bertz CT molecular complexity index is 442. The van der Waals surface area contributed by atoms with Crippen molar-refractivity contribution in [1.82, 2.24) is 10.2 Å². The van der Waals surface area contributed by atoms with Crippen molar-refractivity contribution in [2.45, 2.75) is 26.2 Å². The largest absolute Gasteiger partial charge is 0.352 e. The second kappa shape index (κ2) is 7.39. The van der Waals surface area contributed by atoms with E-state index in [1.807, 2.05) is 0 Å². The molecule has 0 unspecified atom stereocenters. The van der Waals surface area contributed by atoms with Gasteiger partial charge in [-0.25, -0.2) is 4.39 Å². The van der Waals surface area contributed by atoms with Gasteiger partial charge in [0.15, 0.2) is 0 Å². The number of benzene rings is 1. The van der Waals surface area contributed by atoms with Crippen molar-refractivity contribution in [3.8, 4) is 0 Å². The average molecular weight is 278 g/mol. The van der Waals surface area contributed by atoms with Gasteiger partial charge in [0.05, 0.1) is 5.56 Å². The Morgan fingerprint density at radius 2 is 2.05 bits per heavy atom. The van der Waals surface area contributed by atoms with Gasteiger partial charge in [-0.1, -0.05) is 19.1 Å². The third-order valence-electron chi connectivity index (χ3n) is 3.93. The van der Waals surface area contributed by atoms with Crippen molar-refractivity contribution in [2.75, 3.05) is 26.2 Å². The highest BCUT2D eigenvalue weighted by molar-refractivity contribution is 5.94. The SMILES string of the molecule is CC1CCN(CCCNC(=O)c2ccccc2F)CC1. The van der Waals surface area contributed by atoms with Crippen LogP contribution in [0.3, 0.4) is 0 Å². The van der Waals surface area contributed by atoms with Gasteiger partial charge in [-0.2, -0.15) is 0 Å². The highest BCUT2D eigenvalue weighted by atomic mass is 19.1. The van der Waals surface area contributed by atoms with Gasteiger partial charge < -0.3 is 10.2 Å². The van der Waals surface area contributed by atoms with Crippen LogP contribution in [0.15, 0.2) is 24.3 Å². The first kappa shape index (κ1) is 15.0. The zero-order valence-electron chi connectivity index (χ0n) is 12.1. The molecular formula is C16H23FN2O. The van der Waals surface area contributed by atoms with Gasteiger partial charge in [-0.15, -0.1) is 0 Å². The Morgan fingerprint density at radius 3 is 2.75 bits per heavy atom. The highest BCUT2D eigenvalue weighted by Gasteiger charge is 2.15. The molecule has 110 valence electrons. The van der Waals surface area contributed by atoms with Crippen molar-refractivity contribution in [1.29, 1.82) is 0 Å². The van der Waals surface area contributed by atoms with Gasteiger partial charge in [-0.3, -0.25) is 4.79 Å². The summed E-state index contributed by atoms with van der Waals surface area (Å²) in [5.41, 5.74) is 0.124. The molecule has 0 aliphatic carbocycles. The first-order valence-electron chi connectivity index (χ1n) is 7.42. The molecule has 3 nitrogen and oxygen atoms in total. The Kier molecular flexibility index (Phi) is 5.53. The van der Waals surface area contributed by atoms with Crippen LogP contribution in [-0.2, 0) is 0 Å². The summed E-state index contributed by atoms with van der Waals surface area (Å²) in [5.74, 6) is 0.0531. The quantitative estimate of drug-likeness (QED) is 0.840. The molecule has 2 rings (SSSR count). The number of carbonyl (C=O) groups is 1. The summed E-state index contributed by atoms with van der Waals surface area (Å²) in [6.45, 7) is 6.21. The van der Waals surface area contributed by atoms with E-state index in [4.69, 9.17) is 0 Å². The lowest BCUT2D eigenvalue weighted by Crippen LogP contribution is -2.35. The van der Waals surface area contributed by atoms with Crippen molar-refractivity contribution in [2.24, 2.45) is 5.92 Å². The van der Waals surface area contributed by atoms with E-state index < -0.39 is 5.82 Å². The van der Waals surface area contributed by atoms with E-state index in [0.717, 1.165) is 32.0 Å². The fourth-order valence-electron chi connectivity index (χ4n) is 2.53. The fraction of sp³-hybridized carbons (Fsp3) is 0.562. The zero-order valence-corrected chi connectivity index (χ0v) is 12.1. The van der Waals surface area contributed by atoms with Gasteiger partial charge in [-0.05, 0) is 56.9 Å². The number of carbonyl (C=O) groups excluding carboxylic acids is 1. The molecule has 1 aromatic carbocycles. The molecule has 1 heterocycles. The third-order valence-corrected chi connectivity index (χ3v) is 3.93. The molecule has 0 saturated carbocycles. The number of nitrogens with one attached hydrogen (secondary N) is 1. The molecule has 1 fully saturated rings. The molecule has 1 N–H and O–H groups in total. The number of likely N-dealkylation sites (tertiary alicyclic amines) is 1. The Labute approximate surface area is 120 Å². The van der Waals surface area contributed by atoms with Crippen molar-refractivity contribution >= 4 is 5.91 Å². The number of halogens is 1. The first-order chi connectivity index (χ1) is 9.66. The van der Waals surface area contributed by atoms with Crippen LogP contribution in [0.1, 0.15) is 36.5 Å². The van der Waals surface area contributed by atoms with E-state index in [1.54, 1.807) is 12.1 Å². The van der Waals surface area contributed by atoms with Crippen LogP contribution < -0.4 is 5.32 Å². The summed E-state index contributed by atoms with van der Waals surface area (Å²) >= 11 is 0. The molecule has 0 bridgehead atoms. The van der Waals surface area contributed by atoms with E-state index in [1.165, 1.54) is 25.0 Å². The molecule has 1 aliphatic rings. The maximum atomic E-state index is 13.4. The van der Waals surface area contributed by atoms with E-state index in [-0.39, 0.29) is 11.5 Å². The summed E-state index contributed by atoms with van der Waals surface area (Å²) < 4.78 is 13.4. The number of nitrogens with zero attached hydrogens (tertiary/aromatic N) is 1. The standard InChI is InChI=1S/C16H23FN2O/c1-13-7-11-19(12-8-13)10-4-9-18-16(20)14-5-2-3-6-15(14)17/h2-3,5-6,13H,4,7-12H2,1H3,(H,18,20). The summed E-state index contributed by atoms with van der Waals surface area (Å²) in [6, 6.07) is 6.08. The van der Waals surface area contributed by atoms with Gasteiger partial charge in [0.25, 0.3) is 5.91 Å². The monoisotopic (exact) mass is 278 g/mol. The number of hydrogen-bond donors (Lipinski definition) is 1. The van der Waals surface area contributed by atoms with Gasteiger partial charge in [0, 0.05) is 6.54 Å². The zero-order chi connectivity index (χ0) is 14.4. The van der Waals surface area contributed by atoms with E-state index in [9.17, 15) is 9.18 Å². The molecule has 4 heteroatoms. The van der Waals surface area contributed by atoms with Crippen LogP contribution in [0.4, 0.5) is 4.39 Å². The second-order valence-corrected chi connectivity index (χ2v) is 5.61. The summed E-state index contributed by atoms with van der Waals surface area (Å²) in [6.07, 6.45) is 3.44. The third kappa shape index (κ3) is 4.30. The average Bonchev–Trinajstić information content (AvgIpc) is 2.46. The van der Waals surface area contributed by atoms with Crippen LogP contribution in [0.5, 0.6) is 0 Å². The highest BCUT2D eigenvalue weighted by Crippen LogP contribution is 2.15. The van der Waals surface area contributed by atoms with Crippen LogP contribution in [0.2, 0.25) is 0 Å². The van der Waals surface area contributed by atoms with E-state index in [0.29, 0.717) is 6.54 Å². The Balaban J connectivity index is 1.66.